The fraction of sp³-hybridized carbons (Fsp3) is 0.0588. The number of carbonyl (C=O) groups excluding carboxylic acids is 1. The summed E-state index contributed by atoms with van der Waals surface area (Å²) in [5.74, 6) is -0.489. The summed E-state index contributed by atoms with van der Waals surface area (Å²) < 4.78 is 0.925. The molecule has 0 unspecified atom stereocenters. The highest BCUT2D eigenvalue weighted by Gasteiger charge is 2.13. The predicted molar refractivity (Wildman–Crippen MR) is 96.2 cm³/mol. The zero-order chi connectivity index (χ0) is 17.1. The van der Waals surface area contributed by atoms with E-state index < -0.39 is 5.91 Å². The van der Waals surface area contributed by atoms with Gasteiger partial charge in [0.15, 0.2) is 5.69 Å². The van der Waals surface area contributed by atoms with Gasteiger partial charge in [-0.25, -0.2) is 10.5 Å². The number of nitrogens with zero attached hydrogens (tertiary/aromatic N) is 2. The Kier molecular flexibility index (Phi) is 4.52. The molecule has 2 aromatic carbocycles. The van der Waals surface area contributed by atoms with Crippen molar-refractivity contribution in [2.45, 2.75) is 6.92 Å². The van der Waals surface area contributed by atoms with Gasteiger partial charge in [0, 0.05) is 9.86 Å². The average Bonchev–Trinajstić information content (AvgIpc) is 2.60. The van der Waals surface area contributed by atoms with E-state index in [1.54, 1.807) is 31.2 Å². The molecule has 0 fully saturated rings. The van der Waals surface area contributed by atoms with Crippen molar-refractivity contribution in [2.24, 2.45) is 5.10 Å². The van der Waals surface area contributed by atoms with Gasteiger partial charge in [-0.3, -0.25) is 9.59 Å². The lowest BCUT2D eigenvalue weighted by molar-refractivity contribution is 0.0950. The Morgan fingerprint density at radius 2 is 1.92 bits per heavy atom. The van der Waals surface area contributed by atoms with Gasteiger partial charge in [-0.1, -0.05) is 46.3 Å². The van der Waals surface area contributed by atoms with E-state index in [-0.39, 0.29) is 11.3 Å². The molecule has 0 bridgehead atoms. The Balaban J connectivity index is 1.90. The van der Waals surface area contributed by atoms with Crippen LogP contribution in [0.4, 0.5) is 0 Å². The molecule has 1 amide bonds. The monoisotopic (exact) mass is 384 g/mol. The van der Waals surface area contributed by atoms with Crippen LogP contribution in [0.15, 0.2) is 62.9 Å². The summed E-state index contributed by atoms with van der Waals surface area (Å²) in [5, 5.41) is 11.2. The van der Waals surface area contributed by atoms with Gasteiger partial charge in [0.1, 0.15) is 0 Å². The molecule has 6 nitrogen and oxygen atoms in total. The van der Waals surface area contributed by atoms with Crippen LogP contribution in [0, 0.1) is 0 Å². The number of rotatable bonds is 3. The summed E-state index contributed by atoms with van der Waals surface area (Å²) in [6.07, 6.45) is 0. The zero-order valence-electron chi connectivity index (χ0n) is 12.7. The summed E-state index contributed by atoms with van der Waals surface area (Å²) in [6.45, 7) is 1.79. The van der Waals surface area contributed by atoms with Crippen LogP contribution in [0.2, 0.25) is 0 Å². The molecule has 0 aliphatic rings. The first kappa shape index (κ1) is 16.1. The van der Waals surface area contributed by atoms with Gasteiger partial charge in [0.25, 0.3) is 11.5 Å². The minimum atomic E-state index is -0.489. The molecule has 0 spiro atoms. The lowest BCUT2D eigenvalue weighted by Crippen LogP contribution is -2.23. The molecular formula is C17H13BrN4O2. The Hall–Kier alpha value is -2.80. The lowest BCUT2D eigenvalue weighted by atomic mass is 10.1. The van der Waals surface area contributed by atoms with Crippen molar-refractivity contribution in [2.75, 3.05) is 0 Å². The van der Waals surface area contributed by atoms with Crippen molar-refractivity contribution >= 4 is 38.3 Å². The van der Waals surface area contributed by atoms with Crippen molar-refractivity contribution in [3.63, 3.8) is 0 Å². The van der Waals surface area contributed by atoms with Gasteiger partial charge in [-0.15, -0.1) is 0 Å². The molecule has 0 atom stereocenters. The van der Waals surface area contributed by atoms with Crippen molar-refractivity contribution in [1.29, 1.82) is 0 Å². The van der Waals surface area contributed by atoms with Crippen molar-refractivity contribution in [3.8, 4) is 0 Å². The van der Waals surface area contributed by atoms with Gasteiger partial charge >= 0.3 is 0 Å². The number of carbonyl (C=O) groups is 1. The first-order valence-electron chi connectivity index (χ1n) is 7.14. The minimum Gasteiger partial charge on any atom is -0.267 e. The Morgan fingerprint density at radius 3 is 2.67 bits per heavy atom. The molecule has 3 rings (SSSR count). The molecule has 2 N–H and O–H groups in total. The van der Waals surface area contributed by atoms with Crippen LogP contribution in [0.25, 0.3) is 10.8 Å². The fourth-order valence-electron chi connectivity index (χ4n) is 2.25. The van der Waals surface area contributed by atoms with E-state index in [4.69, 9.17) is 0 Å². The smallest absolute Gasteiger partial charge is 0.267 e. The van der Waals surface area contributed by atoms with Crippen molar-refractivity contribution < 1.29 is 4.79 Å². The van der Waals surface area contributed by atoms with Crippen LogP contribution in [0.3, 0.4) is 0 Å². The maximum Gasteiger partial charge on any atom is 0.292 e. The highest BCUT2D eigenvalue weighted by atomic mass is 79.9. The van der Waals surface area contributed by atoms with Gasteiger partial charge in [-0.05, 0) is 30.7 Å². The average molecular weight is 385 g/mol. The molecule has 0 aliphatic heterocycles. The van der Waals surface area contributed by atoms with Gasteiger partial charge in [-0.2, -0.15) is 10.2 Å². The SMILES string of the molecule is C/C(=N\NC(=O)c1n[nH]c(=O)c2ccccc12)c1cccc(Br)c1. The van der Waals surface area contributed by atoms with Crippen LogP contribution in [0.1, 0.15) is 23.0 Å². The second-order valence-electron chi connectivity index (χ2n) is 5.10. The van der Waals surface area contributed by atoms with Crippen LogP contribution < -0.4 is 11.0 Å². The van der Waals surface area contributed by atoms with E-state index in [2.05, 4.69) is 36.7 Å². The Labute approximate surface area is 145 Å². The van der Waals surface area contributed by atoms with E-state index in [1.807, 2.05) is 24.3 Å². The first-order valence-corrected chi connectivity index (χ1v) is 7.93. The maximum absolute atomic E-state index is 12.4. The number of hydrazone groups is 1. The highest BCUT2D eigenvalue weighted by molar-refractivity contribution is 9.10. The first-order chi connectivity index (χ1) is 11.6. The second-order valence-corrected chi connectivity index (χ2v) is 6.01. The molecule has 0 saturated heterocycles. The number of H-pyrrole nitrogens is 1. The number of aromatic amines is 1. The van der Waals surface area contributed by atoms with E-state index in [1.165, 1.54) is 0 Å². The third kappa shape index (κ3) is 3.26. The highest BCUT2D eigenvalue weighted by Crippen LogP contribution is 2.13. The predicted octanol–water partition coefficient (Wildman–Crippen LogP) is 2.84. The normalized spacial score (nSPS) is 11.5. The number of hydrogen-bond acceptors (Lipinski definition) is 4. The number of fused-ring (bicyclic) bond motifs is 1. The third-order valence-corrected chi connectivity index (χ3v) is 3.97. The molecule has 1 heterocycles. The lowest BCUT2D eigenvalue weighted by Gasteiger charge is -2.05. The van der Waals surface area contributed by atoms with Crippen molar-refractivity contribution in [3.05, 3.63) is 74.6 Å². The molecule has 3 aromatic rings. The number of halogens is 1. The number of aromatic nitrogens is 2. The molecule has 24 heavy (non-hydrogen) atoms. The molecular weight excluding hydrogens is 372 g/mol. The van der Waals surface area contributed by atoms with E-state index in [9.17, 15) is 9.59 Å². The maximum atomic E-state index is 12.4. The number of hydrogen-bond donors (Lipinski definition) is 2. The van der Waals surface area contributed by atoms with Crippen LogP contribution in [0.5, 0.6) is 0 Å². The fourth-order valence-corrected chi connectivity index (χ4v) is 2.65. The standard InChI is InChI=1S/C17H13BrN4O2/c1-10(11-5-4-6-12(18)9-11)19-22-17(24)15-13-7-2-3-8-14(13)16(23)21-20-15/h2-9H,1H3,(H,21,23)(H,22,24)/b19-10+. The van der Waals surface area contributed by atoms with Crippen LogP contribution in [-0.4, -0.2) is 21.8 Å². The summed E-state index contributed by atoms with van der Waals surface area (Å²) >= 11 is 3.40. The number of nitrogens with one attached hydrogen (secondary N) is 2. The summed E-state index contributed by atoms with van der Waals surface area (Å²) in [4.78, 5) is 24.1. The molecule has 120 valence electrons. The number of benzene rings is 2. The second kappa shape index (κ2) is 6.76. The third-order valence-electron chi connectivity index (χ3n) is 3.48. The molecule has 7 heteroatoms. The topological polar surface area (TPSA) is 87.2 Å². The largest absolute Gasteiger partial charge is 0.292 e. The number of amides is 1. The molecule has 0 radical (unpaired) electrons. The van der Waals surface area contributed by atoms with E-state index in [0.717, 1.165) is 10.0 Å². The van der Waals surface area contributed by atoms with Gasteiger partial charge in [0.05, 0.1) is 11.1 Å². The van der Waals surface area contributed by atoms with Crippen LogP contribution >= 0.6 is 15.9 Å². The van der Waals surface area contributed by atoms with Crippen LogP contribution in [-0.2, 0) is 0 Å². The van der Waals surface area contributed by atoms with Crippen molar-refractivity contribution in [1.82, 2.24) is 15.6 Å². The summed E-state index contributed by atoms with van der Waals surface area (Å²) in [5.41, 5.74) is 3.79. The Morgan fingerprint density at radius 1 is 1.17 bits per heavy atom. The molecule has 1 aromatic heterocycles. The summed E-state index contributed by atoms with van der Waals surface area (Å²) in [6, 6.07) is 14.4. The quantitative estimate of drug-likeness (QED) is 0.537. The Bertz CT molecular complexity index is 1010. The minimum absolute atomic E-state index is 0.121. The molecule has 0 aliphatic carbocycles. The molecule has 0 saturated carbocycles. The zero-order valence-corrected chi connectivity index (χ0v) is 14.3. The van der Waals surface area contributed by atoms with Gasteiger partial charge in [0.2, 0.25) is 0 Å². The van der Waals surface area contributed by atoms with E-state index in [0.29, 0.717) is 16.5 Å². The summed E-state index contributed by atoms with van der Waals surface area (Å²) in [7, 11) is 0. The van der Waals surface area contributed by atoms with Gasteiger partial charge < -0.3 is 0 Å². The van der Waals surface area contributed by atoms with E-state index >= 15 is 0 Å².